The fraction of sp³-hybridized carbons (Fsp3) is 0.565. The molecule has 3 nitrogen and oxygen atoms in total. The number of aryl methyl sites for hydroxylation is 1. The number of aromatic hydroxyl groups is 1. The van der Waals surface area contributed by atoms with E-state index in [4.69, 9.17) is 0 Å². The summed E-state index contributed by atoms with van der Waals surface area (Å²) in [5, 5.41) is 12.1. The van der Waals surface area contributed by atoms with E-state index in [1.807, 2.05) is 23.5 Å². The van der Waals surface area contributed by atoms with Gasteiger partial charge in [0.05, 0.1) is 0 Å². The molecule has 2 aliphatic heterocycles. The van der Waals surface area contributed by atoms with E-state index in [0.717, 1.165) is 19.5 Å². The number of phenols is 1. The number of benzene rings is 1. The molecule has 0 spiro atoms. The van der Waals surface area contributed by atoms with E-state index in [1.165, 1.54) is 74.2 Å². The summed E-state index contributed by atoms with van der Waals surface area (Å²) in [6.07, 6.45) is 8.97. The van der Waals surface area contributed by atoms with Gasteiger partial charge in [-0.25, -0.2) is 0 Å². The monoisotopic (exact) mass is 384 g/mol. The smallest absolute Gasteiger partial charge is 0.115 e. The van der Waals surface area contributed by atoms with Crippen LogP contribution in [-0.2, 0) is 19.5 Å². The minimum absolute atomic E-state index is 0.386. The van der Waals surface area contributed by atoms with Crippen molar-refractivity contribution in [3.05, 3.63) is 51.7 Å². The highest BCUT2D eigenvalue weighted by Crippen LogP contribution is 2.27. The van der Waals surface area contributed by atoms with Gasteiger partial charge in [0.15, 0.2) is 0 Å². The number of likely N-dealkylation sites (tertiary alicyclic amines) is 2. The second kappa shape index (κ2) is 9.22. The zero-order chi connectivity index (χ0) is 18.5. The van der Waals surface area contributed by atoms with Crippen LogP contribution in [0, 0.1) is 0 Å². The Morgan fingerprint density at radius 1 is 0.963 bits per heavy atom. The van der Waals surface area contributed by atoms with Crippen molar-refractivity contribution in [2.24, 2.45) is 0 Å². The highest BCUT2D eigenvalue weighted by molar-refractivity contribution is 7.10. The molecule has 2 saturated heterocycles. The van der Waals surface area contributed by atoms with Crippen molar-refractivity contribution >= 4 is 11.3 Å². The Bertz CT molecular complexity index is 723. The van der Waals surface area contributed by atoms with Crippen LogP contribution in [-0.4, -0.2) is 40.6 Å². The first-order valence-corrected chi connectivity index (χ1v) is 11.4. The third kappa shape index (κ3) is 5.34. The maximum absolute atomic E-state index is 9.69. The summed E-state index contributed by atoms with van der Waals surface area (Å²) in [6, 6.07) is 10.9. The fourth-order valence-electron chi connectivity index (χ4n) is 4.63. The molecule has 1 unspecified atom stereocenters. The second-order valence-corrected chi connectivity index (χ2v) is 9.23. The van der Waals surface area contributed by atoms with Crippen LogP contribution in [0.1, 0.15) is 54.5 Å². The third-order valence-electron chi connectivity index (χ3n) is 6.10. The van der Waals surface area contributed by atoms with Crippen molar-refractivity contribution in [3.63, 3.8) is 0 Å². The Kier molecular flexibility index (Phi) is 6.48. The normalized spacial score (nSPS) is 21.7. The number of nitrogens with zero attached hydrogens (tertiary/aromatic N) is 2. The van der Waals surface area contributed by atoms with E-state index < -0.39 is 0 Å². The lowest BCUT2D eigenvalue weighted by atomic mass is 9.95. The maximum atomic E-state index is 9.69. The number of hydrogen-bond donors (Lipinski definition) is 1. The first kappa shape index (κ1) is 19.0. The summed E-state index contributed by atoms with van der Waals surface area (Å²) in [7, 11) is 0. The van der Waals surface area contributed by atoms with Crippen molar-refractivity contribution in [2.45, 2.75) is 64.1 Å². The van der Waals surface area contributed by atoms with E-state index >= 15 is 0 Å². The van der Waals surface area contributed by atoms with E-state index in [9.17, 15) is 5.11 Å². The molecule has 0 radical (unpaired) electrons. The third-order valence-corrected chi connectivity index (χ3v) is 7.07. The Balaban J connectivity index is 1.32. The lowest BCUT2D eigenvalue weighted by molar-refractivity contribution is 0.133. The molecule has 2 fully saturated rings. The van der Waals surface area contributed by atoms with Gasteiger partial charge in [-0.05, 0) is 92.9 Å². The topological polar surface area (TPSA) is 26.7 Å². The molecule has 3 heterocycles. The SMILES string of the molecule is Oc1cccc(CCC2CCCCN2Cc2cc(CN3CCCC3)cs2)c1. The van der Waals surface area contributed by atoms with E-state index in [1.54, 1.807) is 6.07 Å². The summed E-state index contributed by atoms with van der Waals surface area (Å²) >= 11 is 1.94. The lowest BCUT2D eigenvalue weighted by Crippen LogP contribution is -2.39. The highest BCUT2D eigenvalue weighted by atomic mass is 32.1. The molecule has 1 aromatic carbocycles. The van der Waals surface area contributed by atoms with Crippen LogP contribution in [0.5, 0.6) is 5.75 Å². The van der Waals surface area contributed by atoms with Gasteiger partial charge in [0.1, 0.15) is 5.75 Å². The molecule has 2 aromatic rings. The molecule has 0 aliphatic carbocycles. The molecule has 0 bridgehead atoms. The molecule has 1 N–H and O–H groups in total. The lowest BCUT2D eigenvalue weighted by Gasteiger charge is -2.35. The number of phenolic OH excluding ortho intramolecular Hbond substituents is 1. The van der Waals surface area contributed by atoms with Gasteiger partial charge in [-0.1, -0.05) is 18.6 Å². The molecule has 4 heteroatoms. The molecule has 0 saturated carbocycles. The average Bonchev–Trinajstić information content (AvgIpc) is 3.34. The van der Waals surface area contributed by atoms with Gasteiger partial charge in [-0.3, -0.25) is 9.80 Å². The predicted octanol–water partition coefficient (Wildman–Crippen LogP) is 5.04. The van der Waals surface area contributed by atoms with Crippen LogP contribution < -0.4 is 0 Å². The molecule has 1 aromatic heterocycles. The van der Waals surface area contributed by atoms with Crippen LogP contribution >= 0.6 is 11.3 Å². The van der Waals surface area contributed by atoms with Crippen LogP contribution in [0.4, 0.5) is 0 Å². The van der Waals surface area contributed by atoms with Crippen LogP contribution in [0.25, 0.3) is 0 Å². The number of thiophene rings is 1. The number of piperidine rings is 1. The predicted molar refractivity (Wildman–Crippen MR) is 113 cm³/mol. The van der Waals surface area contributed by atoms with Crippen molar-refractivity contribution in [2.75, 3.05) is 19.6 Å². The molecular formula is C23H32N2OS. The summed E-state index contributed by atoms with van der Waals surface area (Å²) in [4.78, 5) is 6.82. The Hall–Kier alpha value is -1.36. The minimum Gasteiger partial charge on any atom is -0.508 e. The average molecular weight is 385 g/mol. The molecular weight excluding hydrogens is 352 g/mol. The summed E-state index contributed by atoms with van der Waals surface area (Å²) < 4.78 is 0. The maximum Gasteiger partial charge on any atom is 0.115 e. The Morgan fingerprint density at radius 3 is 2.67 bits per heavy atom. The van der Waals surface area contributed by atoms with Gasteiger partial charge >= 0.3 is 0 Å². The number of hydrogen-bond acceptors (Lipinski definition) is 4. The highest BCUT2D eigenvalue weighted by Gasteiger charge is 2.23. The Morgan fingerprint density at radius 2 is 1.81 bits per heavy atom. The van der Waals surface area contributed by atoms with E-state index in [0.29, 0.717) is 11.8 Å². The van der Waals surface area contributed by atoms with Crippen LogP contribution in [0.2, 0.25) is 0 Å². The fourth-order valence-corrected chi connectivity index (χ4v) is 5.54. The van der Waals surface area contributed by atoms with Crippen molar-refractivity contribution in [1.29, 1.82) is 0 Å². The quantitative estimate of drug-likeness (QED) is 0.725. The van der Waals surface area contributed by atoms with Gasteiger partial charge in [0.2, 0.25) is 0 Å². The first-order valence-electron chi connectivity index (χ1n) is 10.6. The minimum atomic E-state index is 0.386. The van der Waals surface area contributed by atoms with Crippen molar-refractivity contribution < 1.29 is 5.11 Å². The second-order valence-electron chi connectivity index (χ2n) is 8.23. The van der Waals surface area contributed by atoms with Gasteiger partial charge < -0.3 is 5.11 Å². The molecule has 146 valence electrons. The largest absolute Gasteiger partial charge is 0.508 e. The van der Waals surface area contributed by atoms with Gasteiger partial charge in [-0.15, -0.1) is 11.3 Å². The molecule has 0 amide bonds. The van der Waals surface area contributed by atoms with Gasteiger partial charge in [0, 0.05) is 24.0 Å². The molecule has 27 heavy (non-hydrogen) atoms. The summed E-state index contributed by atoms with van der Waals surface area (Å²) in [5.41, 5.74) is 2.76. The van der Waals surface area contributed by atoms with Crippen LogP contribution in [0.15, 0.2) is 35.7 Å². The van der Waals surface area contributed by atoms with Crippen molar-refractivity contribution in [1.82, 2.24) is 9.80 Å². The summed E-state index contributed by atoms with van der Waals surface area (Å²) in [5.74, 6) is 0.386. The van der Waals surface area contributed by atoms with Crippen LogP contribution in [0.3, 0.4) is 0 Å². The van der Waals surface area contributed by atoms with Gasteiger partial charge in [0.25, 0.3) is 0 Å². The van der Waals surface area contributed by atoms with E-state index in [-0.39, 0.29) is 0 Å². The standard InChI is InChI=1S/C23H32N2OS/c26-22-8-5-6-19(14-22)9-10-21-7-1-2-13-25(21)17-23-15-20(18-27-23)16-24-11-3-4-12-24/h5-6,8,14-15,18,21,26H,1-4,7,9-13,16-17H2. The molecule has 4 rings (SSSR count). The molecule has 2 aliphatic rings. The van der Waals surface area contributed by atoms with Gasteiger partial charge in [-0.2, -0.15) is 0 Å². The zero-order valence-corrected chi connectivity index (χ0v) is 17.1. The summed E-state index contributed by atoms with van der Waals surface area (Å²) in [6.45, 7) is 6.01. The molecule has 1 atom stereocenters. The van der Waals surface area contributed by atoms with E-state index in [2.05, 4.69) is 27.3 Å². The first-order chi connectivity index (χ1) is 13.3. The Labute approximate surface area is 167 Å². The van der Waals surface area contributed by atoms with Crippen molar-refractivity contribution in [3.8, 4) is 5.75 Å². The number of rotatable bonds is 7. The zero-order valence-electron chi connectivity index (χ0n) is 16.3.